The molecule has 76 valence electrons. The Hall–Kier alpha value is -0.550. The van der Waals surface area contributed by atoms with Gasteiger partial charge in [0, 0.05) is 17.1 Å². The highest BCUT2D eigenvalue weighted by Gasteiger charge is 2.18. The molecule has 0 bridgehead atoms. The van der Waals surface area contributed by atoms with Crippen molar-refractivity contribution in [3.05, 3.63) is 28.0 Å². The predicted octanol–water partition coefficient (Wildman–Crippen LogP) is 3.38. The summed E-state index contributed by atoms with van der Waals surface area (Å²) in [7, 11) is 0. The fourth-order valence-corrected chi connectivity index (χ4v) is 2.00. The molecule has 0 saturated carbocycles. The van der Waals surface area contributed by atoms with Crippen LogP contribution in [0.1, 0.15) is 28.0 Å². The van der Waals surface area contributed by atoms with Crippen LogP contribution < -0.4 is 0 Å². The Labute approximate surface area is 92.4 Å². The van der Waals surface area contributed by atoms with Gasteiger partial charge in [0.15, 0.2) is 6.29 Å². The van der Waals surface area contributed by atoms with E-state index in [1.165, 1.54) is 0 Å². The van der Waals surface area contributed by atoms with Gasteiger partial charge >= 0.3 is 0 Å². The molecule has 1 heterocycles. The molecule has 2 nitrogen and oxygen atoms in total. The van der Waals surface area contributed by atoms with Crippen LogP contribution in [0.5, 0.6) is 0 Å². The second-order valence-electron chi connectivity index (χ2n) is 2.44. The van der Waals surface area contributed by atoms with Crippen LogP contribution in [0.3, 0.4) is 0 Å². The number of halogens is 4. The Morgan fingerprint density at radius 1 is 1.64 bits per heavy atom. The van der Waals surface area contributed by atoms with Gasteiger partial charge in [0.1, 0.15) is 5.69 Å². The lowest BCUT2D eigenvalue weighted by Gasteiger charge is -2.08. The van der Waals surface area contributed by atoms with E-state index < -0.39 is 6.43 Å². The zero-order chi connectivity index (χ0) is 10.7. The van der Waals surface area contributed by atoms with Crippen LogP contribution in [0.15, 0.2) is 6.20 Å². The van der Waals surface area contributed by atoms with Gasteiger partial charge in [-0.05, 0) is 5.56 Å². The van der Waals surface area contributed by atoms with Crippen molar-refractivity contribution in [1.82, 2.24) is 4.98 Å². The molecule has 14 heavy (non-hydrogen) atoms. The maximum absolute atomic E-state index is 12.4. The third-order valence-corrected chi connectivity index (χ3v) is 2.64. The summed E-state index contributed by atoms with van der Waals surface area (Å²) in [4.78, 5) is 14.0. The first-order valence-corrected chi connectivity index (χ1v) is 5.08. The second kappa shape index (κ2) is 4.79. The van der Waals surface area contributed by atoms with Crippen LogP contribution in [0.2, 0.25) is 5.02 Å². The molecule has 0 unspecified atom stereocenters. The molecule has 0 fully saturated rings. The van der Waals surface area contributed by atoms with Gasteiger partial charge in [0.25, 0.3) is 6.43 Å². The maximum Gasteiger partial charge on any atom is 0.265 e. The number of carbonyl (C=O) groups is 1. The average molecular weight is 284 g/mol. The molecule has 1 rings (SSSR count). The minimum absolute atomic E-state index is 0.0188. The van der Waals surface area contributed by atoms with E-state index in [9.17, 15) is 13.6 Å². The summed E-state index contributed by atoms with van der Waals surface area (Å²) in [5.74, 6) is 0. The zero-order valence-electron chi connectivity index (χ0n) is 6.81. The molecular weight excluding hydrogens is 279 g/mol. The van der Waals surface area contributed by atoms with E-state index in [1.807, 2.05) is 0 Å². The van der Waals surface area contributed by atoms with Gasteiger partial charge in [0.05, 0.1) is 5.02 Å². The minimum atomic E-state index is -2.65. The summed E-state index contributed by atoms with van der Waals surface area (Å²) in [6.07, 6.45) is -1.24. The lowest BCUT2D eigenvalue weighted by atomic mass is 10.1. The molecule has 0 saturated heterocycles. The summed E-state index contributed by atoms with van der Waals surface area (Å²) in [5.41, 5.74) is -0.0678. The van der Waals surface area contributed by atoms with E-state index in [-0.39, 0.29) is 27.2 Å². The molecule has 0 spiro atoms. The largest absolute Gasteiger partial charge is 0.296 e. The maximum atomic E-state index is 12.4. The second-order valence-corrected chi connectivity index (χ2v) is 3.38. The summed E-state index contributed by atoms with van der Waals surface area (Å²) < 4.78 is 24.8. The number of hydrogen-bond donors (Lipinski definition) is 0. The summed E-state index contributed by atoms with van der Waals surface area (Å²) in [5, 5.41) is 0.143. The topological polar surface area (TPSA) is 30.0 Å². The summed E-state index contributed by atoms with van der Waals surface area (Å²) in [6.45, 7) is 0. The van der Waals surface area contributed by atoms with Crippen molar-refractivity contribution in [3.63, 3.8) is 0 Å². The summed E-state index contributed by atoms with van der Waals surface area (Å²) >= 11 is 8.73. The lowest BCUT2D eigenvalue weighted by Crippen LogP contribution is -1.99. The number of hydrogen-bond acceptors (Lipinski definition) is 2. The first-order chi connectivity index (χ1) is 6.61. The third kappa shape index (κ3) is 2.09. The minimum Gasteiger partial charge on any atom is -0.296 e. The zero-order valence-corrected chi connectivity index (χ0v) is 9.15. The highest BCUT2D eigenvalue weighted by molar-refractivity contribution is 9.08. The fraction of sp³-hybridized carbons (Fsp3) is 0.250. The van der Waals surface area contributed by atoms with E-state index in [2.05, 4.69) is 20.9 Å². The number of aromatic nitrogens is 1. The molecule has 1 aromatic heterocycles. The van der Waals surface area contributed by atoms with Crippen molar-refractivity contribution in [1.29, 1.82) is 0 Å². The predicted molar refractivity (Wildman–Crippen MR) is 52.2 cm³/mol. The van der Waals surface area contributed by atoms with E-state index in [0.29, 0.717) is 6.29 Å². The quantitative estimate of drug-likeness (QED) is 0.629. The normalized spacial score (nSPS) is 10.6. The van der Waals surface area contributed by atoms with Crippen molar-refractivity contribution < 1.29 is 13.6 Å². The molecule has 1 aromatic rings. The Kier molecular flexibility index (Phi) is 3.95. The molecule has 0 radical (unpaired) electrons. The Balaban J connectivity index is 3.35. The Bertz CT molecular complexity index is 359. The van der Waals surface area contributed by atoms with Gasteiger partial charge in [0.2, 0.25) is 0 Å². The van der Waals surface area contributed by atoms with Crippen molar-refractivity contribution in [3.8, 4) is 0 Å². The molecule has 0 N–H and O–H groups in total. The number of alkyl halides is 3. The standard InChI is InChI=1S/C8H5BrClF2NO/c9-1-4-5(8(11)12)2-13-6(3-14)7(4)10/h2-3,8H,1H2. The van der Waals surface area contributed by atoms with Crippen molar-refractivity contribution in [2.24, 2.45) is 0 Å². The molecule has 0 aromatic carbocycles. The van der Waals surface area contributed by atoms with Crippen LogP contribution >= 0.6 is 27.5 Å². The van der Waals surface area contributed by atoms with Crippen LogP contribution in [-0.4, -0.2) is 11.3 Å². The molecule has 0 aliphatic carbocycles. The number of aldehydes is 1. The highest BCUT2D eigenvalue weighted by Crippen LogP contribution is 2.30. The van der Waals surface area contributed by atoms with E-state index in [4.69, 9.17) is 11.6 Å². The first-order valence-electron chi connectivity index (χ1n) is 3.58. The highest BCUT2D eigenvalue weighted by atomic mass is 79.9. The molecule has 6 heteroatoms. The lowest BCUT2D eigenvalue weighted by molar-refractivity contribution is 0.111. The third-order valence-electron chi connectivity index (χ3n) is 1.66. The first kappa shape index (κ1) is 11.5. The van der Waals surface area contributed by atoms with Crippen LogP contribution in [-0.2, 0) is 5.33 Å². The average Bonchev–Trinajstić information content (AvgIpc) is 2.17. The number of nitrogens with zero attached hydrogens (tertiary/aromatic N) is 1. The van der Waals surface area contributed by atoms with E-state index in [0.717, 1.165) is 6.20 Å². The van der Waals surface area contributed by atoms with Crippen molar-refractivity contribution >= 4 is 33.8 Å². The van der Waals surface area contributed by atoms with Crippen LogP contribution in [0, 0.1) is 0 Å². The van der Waals surface area contributed by atoms with E-state index >= 15 is 0 Å². The van der Waals surface area contributed by atoms with Crippen LogP contribution in [0.4, 0.5) is 8.78 Å². The van der Waals surface area contributed by atoms with Gasteiger partial charge in [-0.25, -0.2) is 8.78 Å². The van der Waals surface area contributed by atoms with Gasteiger partial charge in [-0.3, -0.25) is 9.78 Å². The van der Waals surface area contributed by atoms with Gasteiger partial charge in [-0.1, -0.05) is 27.5 Å². The molecule has 0 atom stereocenters. The molecule has 0 aliphatic heterocycles. The smallest absolute Gasteiger partial charge is 0.265 e. The van der Waals surface area contributed by atoms with Crippen molar-refractivity contribution in [2.75, 3.05) is 0 Å². The van der Waals surface area contributed by atoms with Gasteiger partial charge < -0.3 is 0 Å². The molecular formula is C8H5BrClF2NO. The van der Waals surface area contributed by atoms with Gasteiger partial charge in [-0.2, -0.15) is 0 Å². The number of carbonyl (C=O) groups excluding carboxylic acids is 1. The van der Waals surface area contributed by atoms with E-state index in [1.54, 1.807) is 0 Å². The fourth-order valence-electron chi connectivity index (χ4n) is 0.961. The molecule has 0 aliphatic rings. The monoisotopic (exact) mass is 283 g/mol. The van der Waals surface area contributed by atoms with Crippen LogP contribution in [0.25, 0.3) is 0 Å². The SMILES string of the molecule is O=Cc1ncc(C(F)F)c(CBr)c1Cl. The van der Waals surface area contributed by atoms with Crippen molar-refractivity contribution in [2.45, 2.75) is 11.8 Å². The molecule has 0 amide bonds. The van der Waals surface area contributed by atoms with Gasteiger partial charge in [-0.15, -0.1) is 0 Å². The Morgan fingerprint density at radius 2 is 2.29 bits per heavy atom. The Morgan fingerprint density at radius 3 is 2.71 bits per heavy atom. The number of rotatable bonds is 3. The summed E-state index contributed by atoms with van der Waals surface area (Å²) in [6, 6.07) is 0. The number of pyridine rings is 1.